The fourth-order valence-corrected chi connectivity index (χ4v) is 3.58. The van der Waals surface area contributed by atoms with Gasteiger partial charge in [0.05, 0.1) is 22.9 Å². The van der Waals surface area contributed by atoms with E-state index in [0.717, 1.165) is 31.4 Å². The molecule has 2 heterocycles. The first-order chi connectivity index (χ1) is 12.0. The highest BCUT2D eigenvalue weighted by atomic mass is 16.4. The highest BCUT2D eigenvalue weighted by Crippen LogP contribution is 2.24. The Labute approximate surface area is 146 Å². The monoisotopic (exact) mass is 344 g/mol. The molecule has 1 aliphatic rings. The van der Waals surface area contributed by atoms with Crippen molar-refractivity contribution in [3.63, 3.8) is 0 Å². The molecule has 2 aromatic rings. The summed E-state index contributed by atoms with van der Waals surface area (Å²) in [5, 5.41) is 16.8. The van der Waals surface area contributed by atoms with Gasteiger partial charge in [-0.05, 0) is 26.7 Å². The number of aliphatic carboxylic acids is 1. The van der Waals surface area contributed by atoms with Crippen molar-refractivity contribution in [3.8, 4) is 0 Å². The van der Waals surface area contributed by atoms with Crippen LogP contribution in [0.25, 0.3) is 5.65 Å². The van der Waals surface area contributed by atoms with Crippen LogP contribution in [0.3, 0.4) is 0 Å². The molecule has 1 fully saturated rings. The van der Waals surface area contributed by atoms with Gasteiger partial charge in [-0.1, -0.05) is 25.7 Å². The lowest BCUT2D eigenvalue weighted by atomic mass is 9.86. The molecule has 7 nitrogen and oxygen atoms in total. The van der Waals surface area contributed by atoms with Crippen LogP contribution in [0.4, 0.5) is 0 Å². The molecule has 0 saturated heterocycles. The summed E-state index contributed by atoms with van der Waals surface area (Å²) in [6.07, 6.45) is 6.80. The molecule has 1 amide bonds. The zero-order chi connectivity index (χ0) is 18.0. The fourth-order valence-electron chi connectivity index (χ4n) is 3.58. The van der Waals surface area contributed by atoms with Crippen LogP contribution in [0.2, 0.25) is 0 Å². The number of amides is 1. The Balaban J connectivity index is 1.84. The summed E-state index contributed by atoms with van der Waals surface area (Å²) >= 11 is 0. The minimum Gasteiger partial charge on any atom is -0.481 e. The molecular weight excluding hydrogens is 320 g/mol. The van der Waals surface area contributed by atoms with Gasteiger partial charge >= 0.3 is 5.97 Å². The van der Waals surface area contributed by atoms with Crippen LogP contribution in [0.15, 0.2) is 12.3 Å². The molecule has 1 saturated carbocycles. The zero-order valence-corrected chi connectivity index (χ0v) is 14.7. The quantitative estimate of drug-likeness (QED) is 0.892. The molecule has 0 aromatic carbocycles. The van der Waals surface area contributed by atoms with Gasteiger partial charge in [0, 0.05) is 18.3 Å². The van der Waals surface area contributed by atoms with Crippen molar-refractivity contribution in [1.29, 1.82) is 0 Å². The second kappa shape index (κ2) is 7.21. The molecule has 2 unspecified atom stereocenters. The predicted molar refractivity (Wildman–Crippen MR) is 92.5 cm³/mol. The molecule has 0 radical (unpaired) electrons. The summed E-state index contributed by atoms with van der Waals surface area (Å²) < 4.78 is 1.65. The highest BCUT2D eigenvalue weighted by Gasteiger charge is 2.30. The highest BCUT2D eigenvalue weighted by molar-refractivity contribution is 5.95. The first-order valence-corrected chi connectivity index (χ1v) is 8.83. The first kappa shape index (κ1) is 17.4. The molecular formula is C18H24N4O3. The zero-order valence-electron chi connectivity index (χ0n) is 14.7. The standard InChI is InChI=1S/C18H24N4O3/c1-11-9-16-19-10-14(12(2)22(16)21-11)17(23)20-15-8-6-4-3-5-7-13(15)18(24)25/h9-10,13,15H,3-8H2,1-2H3,(H,20,23)(H,24,25). The van der Waals surface area contributed by atoms with Crippen LogP contribution in [0.1, 0.15) is 60.3 Å². The van der Waals surface area contributed by atoms with E-state index >= 15 is 0 Å². The van der Waals surface area contributed by atoms with Crippen molar-refractivity contribution >= 4 is 17.5 Å². The van der Waals surface area contributed by atoms with Crippen molar-refractivity contribution in [2.24, 2.45) is 5.92 Å². The minimum absolute atomic E-state index is 0.281. The lowest BCUT2D eigenvalue weighted by Crippen LogP contribution is -2.44. The largest absolute Gasteiger partial charge is 0.481 e. The fraction of sp³-hybridized carbons (Fsp3) is 0.556. The number of fused-ring (bicyclic) bond motifs is 1. The maximum Gasteiger partial charge on any atom is 0.308 e. The summed E-state index contributed by atoms with van der Waals surface area (Å²) in [6.45, 7) is 3.70. The third-order valence-electron chi connectivity index (χ3n) is 4.99. The number of hydrogen-bond acceptors (Lipinski definition) is 4. The van der Waals surface area contributed by atoms with E-state index in [1.54, 1.807) is 10.7 Å². The summed E-state index contributed by atoms with van der Waals surface area (Å²) in [5.74, 6) is -1.65. The Morgan fingerprint density at radius 2 is 1.92 bits per heavy atom. The van der Waals surface area contributed by atoms with E-state index < -0.39 is 11.9 Å². The number of rotatable bonds is 3. The number of carbonyl (C=O) groups is 2. The van der Waals surface area contributed by atoms with Crippen LogP contribution in [0, 0.1) is 19.8 Å². The van der Waals surface area contributed by atoms with E-state index in [1.165, 1.54) is 0 Å². The SMILES string of the molecule is Cc1cc2ncc(C(=O)NC3CCCCCCC3C(=O)O)c(C)n2n1. The summed E-state index contributed by atoms with van der Waals surface area (Å²) in [5.41, 5.74) is 2.66. The van der Waals surface area contributed by atoms with Crippen LogP contribution in [-0.4, -0.2) is 37.6 Å². The predicted octanol–water partition coefficient (Wildman–Crippen LogP) is 2.50. The van der Waals surface area contributed by atoms with E-state index in [9.17, 15) is 14.7 Å². The molecule has 134 valence electrons. The van der Waals surface area contributed by atoms with Crippen LogP contribution >= 0.6 is 0 Å². The van der Waals surface area contributed by atoms with Crippen LogP contribution in [0.5, 0.6) is 0 Å². The summed E-state index contributed by atoms with van der Waals surface area (Å²) in [6, 6.07) is 1.50. The summed E-state index contributed by atoms with van der Waals surface area (Å²) in [4.78, 5) is 28.7. The number of nitrogens with zero attached hydrogens (tertiary/aromatic N) is 3. The lowest BCUT2D eigenvalue weighted by molar-refractivity contribution is -0.143. The first-order valence-electron chi connectivity index (χ1n) is 8.83. The number of carbonyl (C=O) groups excluding carboxylic acids is 1. The molecule has 2 atom stereocenters. The summed E-state index contributed by atoms with van der Waals surface area (Å²) in [7, 11) is 0. The van der Waals surface area contributed by atoms with Crippen molar-refractivity contribution in [1.82, 2.24) is 19.9 Å². The van der Waals surface area contributed by atoms with Gasteiger partial charge < -0.3 is 10.4 Å². The van der Waals surface area contributed by atoms with Gasteiger partial charge in [-0.2, -0.15) is 5.10 Å². The number of nitrogens with one attached hydrogen (secondary N) is 1. The average molecular weight is 344 g/mol. The molecule has 2 aromatic heterocycles. The molecule has 2 N–H and O–H groups in total. The topological polar surface area (TPSA) is 96.6 Å². The number of aryl methyl sites for hydroxylation is 2. The Kier molecular flexibility index (Phi) is 5.01. The van der Waals surface area contributed by atoms with Gasteiger partial charge in [-0.25, -0.2) is 9.50 Å². The van der Waals surface area contributed by atoms with Crippen molar-refractivity contribution in [2.75, 3.05) is 0 Å². The van der Waals surface area contributed by atoms with Gasteiger partial charge in [0.15, 0.2) is 5.65 Å². The normalized spacial score (nSPS) is 21.5. The van der Waals surface area contributed by atoms with E-state index in [4.69, 9.17) is 0 Å². The molecule has 3 rings (SSSR count). The number of aromatic nitrogens is 3. The lowest BCUT2D eigenvalue weighted by Gasteiger charge is -2.27. The van der Waals surface area contributed by atoms with E-state index in [2.05, 4.69) is 15.4 Å². The second-order valence-corrected chi connectivity index (χ2v) is 6.83. The Morgan fingerprint density at radius 3 is 2.64 bits per heavy atom. The number of carboxylic acids is 1. The van der Waals surface area contributed by atoms with Crippen molar-refractivity contribution in [2.45, 2.75) is 58.4 Å². The Bertz CT molecular complexity index is 799. The molecule has 0 aliphatic heterocycles. The van der Waals surface area contributed by atoms with Crippen molar-refractivity contribution in [3.05, 3.63) is 29.2 Å². The van der Waals surface area contributed by atoms with E-state index in [-0.39, 0.29) is 11.9 Å². The molecule has 1 aliphatic carbocycles. The average Bonchev–Trinajstić information content (AvgIpc) is 2.91. The smallest absolute Gasteiger partial charge is 0.308 e. The third kappa shape index (κ3) is 3.65. The molecule has 25 heavy (non-hydrogen) atoms. The second-order valence-electron chi connectivity index (χ2n) is 6.83. The Morgan fingerprint density at radius 1 is 1.20 bits per heavy atom. The Hall–Kier alpha value is -2.44. The van der Waals surface area contributed by atoms with Gasteiger partial charge in [0.2, 0.25) is 0 Å². The van der Waals surface area contributed by atoms with Crippen LogP contribution < -0.4 is 5.32 Å². The van der Waals surface area contributed by atoms with Gasteiger partial charge in [0.1, 0.15) is 0 Å². The maximum absolute atomic E-state index is 12.8. The maximum atomic E-state index is 12.8. The van der Waals surface area contributed by atoms with Gasteiger partial charge in [-0.15, -0.1) is 0 Å². The van der Waals surface area contributed by atoms with Gasteiger partial charge in [0.25, 0.3) is 5.91 Å². The van der Waals surface area contributed by atoms with E-state index in [1.807, 2.05) is 19.9 Å². The molecule has 7 heteroatoms. The van der Waals surface area contributed by atoms with E-state index in [0.29, 0.717) is 29.7 Å². The van der Waals surface area contributed by atoms with Gasteiger partial charge in [-0.3, -0.25) is 9.59 Å². The minimum atomic E-state index is -0.833. The number of carboxylic acid groups (broad SMARTS) is 1. The molecule has 0 spiro atoms. The molecule has 0 bridgehead atoms. The van der Waals surface area contributed by atoms with Crippen LogP contribution in [-0.2, 0) is 4.79 Å². The third-order valence-corrected chi connectivity index (χ3v) is 4.99. The van der Waals surface area contributed by atoms with Crippen molar-refractivity contribution < 1.29 is 14.7 Å². The number of hydrogen-bond donors (Lipinski definition) is 2.